The Bertz CT molecular complexity index is 505. The minimum Gasteiger partial charge on any atom is -0.490 e. The van der Waals surface area contributed by atoms with Gasteiger partial charge < -0.3 is 9.15 Å². The number of hydrogen-bond acceptors (Lipinski definition) is 3. The zero-order valence-corrected chi connectivity index (χ0v) is 8.93. The van der Waals surface area contributed by atoms with E-state index < -0.39 is 0 Å². The average molecular weight is 213 g/mol. The highest BCUT2D eigenvalue weighted by Gasteiger charge is 2.09. The molecule has 0 saturated carbocycles. The number of ether oxygens (including phenoxy) is 1. The lowest BCUT2D eigenvalue weighted by atomic mass is 10.1. The van der Waals surface area contributed by atoms with Gasteiger partial charge in [0, 0.05) is 11.6 Å². The van der Waals surface area contributed by atoms with Gasteiger partial charge in [0.1, 0.15) is 0 Å². The van der Waals surface area contributed by atoms with Crippen molar-refractivity contribution in [2.75, 3.05) is 6.61 Å². The van der Waals surface area contributed by atoms with E-state index >= 15 is 0 Å². The Morgan fingerprint density at radius 2 is 2.00 bits per heavy atom. The van der Waals surface area contributed by atoms with Crippen molar-refractivity contribution >= 4 is 0 Å². The molecule has 16 heavy (non-hydrogen) atoms. The fourth-order valence-corrected chi connectivity index (χ4v) is 1.47. The summed E-state index contributed by atoms with van der Waals surface area (Å²) in [6.07, 6.45) is 1.60. The molecule has 1 aromatic heterocycles. The van der Waals surface area contributed by atoms with Crippen LogP contribution in [0, 0.1) is 11.3 Å². The number of rotatable bonds is 3. The van der Waals surface area contributed by atoms with Crippen LogP contribution in [0.25, 0.3) is 11.3 Å². The maximum atomic E-state index is 8.70. The maximum absolute atomic E-state index is 8.70. The predicted molar refractivity (Wildman–Crippen MR) is 60.0 cm³/mol. The smallest absolute Gasteiger partial charge is 0.175 e. The van der Waals surface area contributed by atoms with Gasteiger partial charge in [0.05, 0.1) is 24.5 Å². The topological polar surface area (TPSA) is 46.2 Å². The Labute approximate surface area is 93.9 Å². The summed E-state index contributed by atoms with van der Waals surface area (Å²) in [5.74, 6) is 1.43. The molecule has 0 saturated heterocycles. The van der Waals surface area contributed by atoms with E-state index in [2.05, 4.69) is 6.07 Å². The van der Waals surface area contributed by atoms with Crippen LogP contribution in [0.3, 0.4) is 0 Å². The lowest BCUT2D eigenvalue weighted by molar-refractivity contribution is 0.338. The average Bonchev–Trinajstić information content (AvgIpc) is 2.78. The molecule has 0 aliphatic heterocycles. The van der Waals surface area contributed by atoms with Crippen molar-refractivity contribution in [3.8, 4) is 23.1 Å². The summed E-state index contributed by atoms with van der Waals surface area (Å²) in [5, 5.41) is 8.70. The van der Waals surface area contributed by atoms with Gasteiger partial charge in [0.2, 0.25) is 0 Å². The largest absolute Gasteiger partial charge is 0.490 e. The molecule has 0 aliphatic rings. The summed E-state index contributed by atoms with van der Waals surface area (Å²) in [4.78, 5) is 0. The molecule has 3 heteroatoms. The van der Waals surface area contributed by atoms with Crippen molar-refractivity contribution in [3.05, 3.63) is 42.2 Å². The van der Waals surface area contributed by atoms with Crippen LogP contribution in [-0.4, -0.2) is 6.61 Å². The fourth-order valence-electron chi connectivity index (χ4n) is 1.47. The van der Waals surface area contributed by atoms with E-state index in [-0.39, 0.29) is 0 Å². The van der Waals surface area contributed by atoms with Crippen molar-refractivity contribution in [2.45, 2.75) is 6.92 Å². The van der Waals surface area contributed by atoms with E-state index in [1.54, 1.807) is 24.5 Å². The Kier molecular flexibility index (Phi) is 2.93. The van der Waals surface area contributed by atoms with Crippen molar-refractivity contribution in [1.29, 1.82) is 5.26 Å². The first-order valence-electron chi connectivity index (χ1n) is 5.06. The number of hydrogen-bond donors (Lipinski definition) is 0. The zero-order chi connectivity index (χ0) is 11.4. The van der Waals surface area contributed by atoms with Gasteiger partial charge in [-0.25, -0.2) is 0 Å². The van der Waals surface area contributed by atoms with Gasteiger partial charge in [0.25, 0.3) is 0 Å². The number of nitriles is 1. The van der Waals surface area contributed by atoms with Crippen molar-refractivity contribution in [3.63, 3.8) is 0 Å². The van der Waals surface area contributed by atoms with Gasteiger partial charge in [0.15, 0.2) is 11.5 Å². The van der Waals surface area contributed by atoms with E-state index in [0.717, 1.165) is 11.3 Å². The lowest BCUT2D eigenvalue weighted by Crippen LogP contribution is -1.91. The molecule has 0 atom stereocenters. The zero-order valence-electron chi connectivity index (χ0n) is 8.93. The quantitative estimate of drug-likeness (QED) is 0.786. The summed E-state index contributed by atoms with van der Waals surface area (Å²) in [6, 6.07) is 11.1. The molecule has 2 aromatic rings. The van der Waals surface area contributed by atoms with Crippen LogP contribution < -0.4 is 4.74 Å². The summed E-state index contributed by atoms with van der Waals surface area (Å²) in [7, 11) is 0. The van der Waals surface area contributed by atoms with Crippen molar-refractivity contribution in [2.24, 2.45) is 0 Å². The third-order valence-corrected chi connectivity index (χ3v) is 2.21. The molecule has 0 spiro atoms. The van der Waals surface area contributed by atoms with Crippen molar-refractivity contribution in [1.82, 2.24) is 0 Å². The van der Waals surface area contributed by atoms with E-state index in [0.29, 0.717) is 17.9 Å². The highest BCUT2D eigenvalue weighted by Crippen LogP contribution is 2.31. The Morgan fingerprint density at radius 3 is 2.62 bits per heavy atom. The molecule has 3 nitrogen and oxygen atoms in total. The molecule has 80 valence electrons. The van der Waals surface area contributed by atoms with Gasteiger partial charge in [-0.15, -0.1) is 0 Å². The van der Waals surface area contributed by atoms with Crippen LogP contribution in [0.4, 0.5) is 0 Å². The molecule has 1 aromatic carbocycles. The van der Waals surface area contributed by atoms with Gasteiger partial charge in [-0.05, 0) is 31.2 Å². The molecule has 0 fully saturated rings. The van der Waals surface area contributed by atoms with Gasteiger partial charge in [-0.1, -0.05) is 0 Å². The third-order valence-electron chi connectivity index (χ3n) is 2.21. The molecule has 0 radical (unpaired) electrons. The van der Waals surface area contributed by atoms with Crippen LogP contribution in [0.1, 0.15) is 12.5 Å². The summed E-state index contributed by atoms with van der Waals surface area (Å²) >= 11 is 0. The third kappa shape index (κ3) is 1.91. The first-order valence-corrected chi connectivity index (χ1v) is 5.06. The van der Waals surface area contributed by atoms with Gasteiger partial charge in [-0.2, -0.15) is 5.26 Å². The number of nitrogens with zero attached hydrogens (tertiary/aromatic N) is 1. The van der Waals surface area contributed by atoms with E-state index in [1.807, 2.05) is 19.1 Å². The van der Waals surface area contributed by atoms with E-state index in [1.165, 1.54) is 0 Å². The second-order valence-corrected chi connectivity index (χ2v) is 3.24. The Hall–Kier alpha value is -2.21. The summed E-state index contributed by atoms with van der Waals surface area (Å²) in [5.41, 5.74) is 1.54. The van der Waals surface area contributed by atoms with E-state index in [4.69, 9.17) is 14.4 Å². The summed E-state index contributed by atoms with van der Waals surface area (Å²) < 4.78 is 10.8. The Balaban J connectivity index is 2.35. The van der Waals surface area contributed by atoms with Crippen LogP contribution in [0.5, 0.6) is 5.75 Å². The number of furan rings is 1. The molecule has 0 unspecified atom stereocenters. The minimum atomic E-state index is 0.600. The second kappa shape index (κ2) is 4.54. The second-order valence-electron chi connectivity index (χ2n) is 3.24. The minimum absolute atomic E-state index is 0.600. The van der Waals surface area contributed by atoms with Crippen LogP contribution >= 0.6 is 0 Å². The van der Waals surface area contributed by atoms with Crippen LogP contribution in [0.2, 0.25) is 0 Å². The first-order chi connectivity index (χ1) is 7.85. The molecule has 0 amide bonds. The fraction of sp³-hybridized carbons (Fsp3) is 0.154. The highest BCUT2D eigenvalue weighted by molar-refractivity contribution is 5.65. The van der Waals surface area contributed by atoms with Crippen molar-refractivity contribution < 1.29 is 9.15 Å². The molecule has 0 aliphatic carbocycles. The van der Waals surface area contributed by atoms with Gasteiger partial charge >= 0.3 is 0 Å². The maximum Gasteiger partial charge on any atom is 0.175 e. The molecule has 0 bridgehead atoms. The Morgan fingerprint density at radius 1 is 1.25 bits per heavy atom. The molecule has 0 N–H and O–H groups in total. The van der Waals surface area contributed by atoms with E-state index in [9.17, 15) is 0 Å². The SMILES string of the molecule is CCOc1ccoc1-c1ccc(C#N)cc1. The molecule has 1 heterocycles. The monoisotopic (exact) mass is 213 g/mol. The van der Waals surface area contributed by atoms with Crippen LogP contribution in [-0.2, 0) is 0 Å². The molecular formula is C13H11NO2. The number of benzene rings is 1. The highest BCUT2D eigenvalue weighted by atomic mass is 16.5. The standard InChI is InChI=1S/C13H11NO2/c1-2-15-12-7-8-16-13(12)11-5-3-10(9-14)4-6-11/h3-8H,2H2,1H3. The normalized spacial score (nSPS) is 9.75. The predicted octanol–water partition coefficient (Wildman–Crippen LogP) is 3.22. The summed E-state index contributed by atoms with van der Waals surface area (Å²) in [6.45, 7) is 2.53. The molecular weight excluding hydrogens is 202 g/mol. The van der Waals surface area contributed by atoms with Crippen LogP contribution in [0.15, 0.2) is 41.0 Å². The first kappa shape index (κ1) is 10.3. The van der Waals surface area contributed by atoms with Gasteiger partial charge in [-0.3, -0.25) is 0 Å². The lowest BCUT2D eigenvalue weighted by Gasteiger charge is -2.03. The molecule has 2 rings (SSSR count).